The van der Waals surface area contributed by atoms with Gasteiger partial charge in [-0.15, -0.1) is 0 Å². The van der Waals surface area contributed by atoms with Crippen LogP contribution in [0.4, 0.5) is 0 Å². The zero-order valence-corrected chi connectivity index (χ0v) is 8.44. The van der Waals surface area contributed by atoms with Crippen molar-refractivity contribution in [2.45, 2.75) is 47.6 Å². The smallest absolute Gasteiger partial charge is 0.00383 e. The second-order valence-electron chi connectivity index (χ2n) is 2.31. The number of nitrogens with zero attached hydrogens (tertiary/aromatic N) is 1. The quantitative estimate of drug-likeness (QED) is 0.590. The summed E-state index contributed by atoms with van der Waals surface area (Å²) in [5.41, 5.74) is 0. The van der Waals surface area contributed by atoms with Crippen molar-refractivity contribution in [3.05, 3.63) is 0 Å². The Morgan fingerprint density at radius 3 is 1.30 bits per heavy atom. The molecule has 0 atom stereocenters. The molecule has 1 heteroatoms. The summed E-state index contributed by atoms with van der Waals surface area (Å²) in [6.45, 7) is 15.2. The first kappa shape index (κ1) is 12.6. The van der Waals surface area contributed by atoms with E-state index in [1.54, 1.807) is 0 Å². The van der Waals surface area contributed by atoms with Crippen molar-refractivity contribution >= 4 is 0 Å². The maximum atomic E-state index is 2.42. The van der Waals surface area contributed by atoms with E-state index in [9.17, 15) is 0 Å². The van der Waals surface area contributed by atoms with Gasteiger partial charge in [0.2, 0.25) is 0 Å². The molecule has 0 saturated heterocycles. The van der Waals surface area contributed by atoms with Crippen LogP contribution in [0.2, 0.25) is 0 Å². The van der Waals surface area contributed by atoms with Crippen molar-refractivity contribution in [3.8, 4) is 0 Å². The van der Waals surface area contributed by atoms with Gasteiger partial charge in [-0.05, 0) is 26.9 Å². The zero-order chi connectivity index (χ0) is 8.57. The summed E-state index contributed by atoms with van der Waals surface area (Å²) in [6, 6.07) is 0.713. The predicted molar refractivity (Wildman–Crippen MR) is 49.4 cm³/mol. The molecule has 0 aromatic heterocycles. The molecule has 0 unspecified atom stereocenters. The summed E-state index contributed by atoms with van der Waals surface area (Å²) in [7, 11) is 0. The van der Waals surface area contributed by atoms with Crippen molar-refractivity contribution in [2.24, 2.45) is 0 Å². The van der Waals surface area contributed by atoms with Gasteiger partial charge in [0, 0.05) is 6.04 Å². The van der Waals surface area contributed by atoms with Crippen LogP contribution in [0.25, 0.3) is 0 Å². The molecule has 0 spiro atoms. The fourth-order valence-electron chi connectivity index (χ4n) is 0.954. The lowest BCUT2D eigenvalue weighted by Crippen LogP contribution is -2.29. The minimum Gasteiger partial charge on any atom is -0.301 e. The van der Waals surface area contributed by atoms with Crippen LogP contribution in [0.1, 0.15) is 41.5 Å². The van der Waals surface area contributed by atoms with E-state index in [-0.39, 0.29) is 0 Å². The Morgan fingerprint density at radius 1 is 1.00 bits per heavy atom. The second-order valence-corrected chi connectivity index (χ2v) is 2.31. The minimum absolute atomic E-state index is 0.713. The first-order valence-corrected chi connectivity index (χ1v) is 4.46. The number of hydrogen-bond acceptors (Lipinski definition) is 1. The average Bonchev–Trinajstić information content (AvgIpc) is 1.94. The van der Waals surface area contributed by atoms with Gasteiger partial charge in [-0.1, -0.05) is 27.7 Å². The van der Waals surface area contributed by atoms with Crippen molar-refractivity contribution in [1.29, 1.82) is 0 Å². The van der Waals surface area contributed by atoms with Crippen LogP contribution in [0.15, 0.2) is 0 Å². The predicted octanol–water partition coefficient (Wildman–Crippen LogP) is 2.76. The van der Waals surface area contributed by atoms with Gasteiger partial charge >= 0.3 is 0 Å². The summed E-state index contributed by atoms with van der Waals surface area (Å²) < 4.78 is 0. The van der Waals surface area contributed by atoms with E-state index in [0.29, 0.717) is 6.04 Å². The van der Waals surface area contributed by atoms with Gasteiger partial charge in [0.15, 0.2) is 0 Å². The number of rotatable bonds is 3. The lowest BCUT2D eigenvalue weighted by Gasteiger charge is -2.21. The molecule has 0 heterocycles. The first-order chi connectivity index (χ1) is 4.72. The van der Waals surface area contributed by atoms with Gasteiger partial charge in [-0.3, -0.25) is 0 Å². The van der Waals surface area contributed by atoms with Gasteiger partial charge in [0.05, 0.1) is 0 Å². The fourth-order valence-corrected chi connectivity index (χ4v) is 0.954. The Hall–Kier alpha value is -0.0400. The third kappa shape index (κ3) is 6.09. The Balaban J connectivity index is 0. The van der Waals surface area contributed by atoms with Crippen LogP contribution in [-0.4, -0.2) is 24.0 Å². The zero-order valence-electron chi connectivity index (χ0n) is 8.44. The summed E-state index contributed by atoms with van der Waals surface area (Å²) in [4.78, 5) is 2.42. The van der Waals surface area contributed by atoms with Gasteiger partial charge in [-0.25, -0.2) is 0 Å². The highest BCUT2D eigenvalue weighted by Crippen LogP contribution is 1.94. The van der Waals surface area contributed by atoms with E-state index in [1.807, 2.05) is 13.8 Å². The van der Waals surface area contributed by atoms with E-state index in [1.165, 1.54) is 13.1 Å². The molecule has 64 valence electrons. The molecule has 0 rings (SSSR count). The Morgan fingerprint density at radius 2 is 1.30 bits per heavy atom. The average molecular weight is 145 g/mol. The maximum Gasteiger partial charge on any atom is 0.00383 e. The third-order valence-corrected chi connectivity index (χ3v) is 1.54. The van der Waals surface area contributed by atoms with Gasteiger partial charge in [-0.2, -0.15) is 0 Å². The van der Waals surface area contributed by atoms with Crippen LogP contribution in [0, 0.1) is 0 Å². The molecule has 0 aliphatic heterocycles. The molecule has 0 amide bonds. The largest absolute Gasteiger partial charge is 0.301 e. The molecule has 0 fully saturated rings. The van der Waals surface area contributed by atoms with Gasteiger partial charge in [0.1, 0.15) is 0 Å². The van der Waals surface area contributed by atoms with Crippen molar-refractivity contribution in [3.63, 3.8) is 0 Å². The molecule has 0 radical (unpaired) electrons. The van der Waals surface area contributed by atoms with E-state index in [4.69, 9.17) is 0 Å². The molecule has 0 aliphatic rings. The molecule has 10 heavy (non-hydrogen) atoms. The Kier molecular flexibility index (Phi) is 11.3. The minimum atomic E-state index is 0.713. The monoisotopic (exact) mass is 145 g/mol. The second kappa shape index (κ2) is 8.96. The van der Waals surface area contributed by atoms with E-state index in [2.05, 4.69) is 32.6 Å². The normalized spacial score (nSPS) is 9.60. The number of hydrogen-bond donors (Lipinski definition) is 0. The van der Waals surface area contributed by atoms with E-state index in [0.717, 1.165) is 0 Å². The topological polar surface area (TPSA) is 3.24 Å². The third-order valence-electron chi connectivity index (χ3n) is 1.54. The summed E-state index contributed by atoms with van der Waals surface area (Å²) in [5.74, 6) is 0. The van der Waals surface area contributed by atoms with Crippen LogP contribution in [0.5, 0.6) is 0 Å². The van der Waals surface area contributed by atoms with Crippen LogP contribution in [0.3, 0.4) is 0 Å². The summed E-state index contributed by atoms with van der Waals surface area (Å²) in [6.07, 6.45) is 0. The maximum absolute atomic E-state index is 2.42. The van der Waals surface area contributed by atoms with Gasteiger partial charge < -0.3 is 4.90 Å². The van der Waals surface area contributed by atoms with Crippen LogP contribution < -0.4 is 0 Å². The van der Waals surface area contributed by atoms with Crippen molar-refractivity contribution in [1.82, 2.24) is 4.90 Å². The fraction of sp³-hybridized carbons (Fsp3) is 1.00. The molecule has 0 aliphatic carbocycles. The molecular weight excluding hydrogens is 122 g/mol. The SMILES string of the molecule is CC.CCN(CC)C(C)C. The molecule has 0 aromatic rings. The lowest BCUT2D eigenvalue weighted by molar-refractivity contribution is 0.246. The highest BCUT2D eigenvalue weighted by atomic mass is 15.1. The highest BCUT2D eigenvalue weighted by Gasteiger charge is 2.00. The molecule has 0 saturated carbocycles. The Labute approximate surface area is 66.4 Å². The van der Waals surface area contributed by atoms with E-state index < -0.39 is 0 Å². The molecule has 0 N–H and O–H groups in total. The molecule has 1 nitrogen and oxygen atoms in total. The standard InChI is InChI=1S/C7H17N.C2H6/c1-5-8(6-2)7(3)4;1-2/h7H,5-6H2,1-4H3;1-2H3. The van der Waals surface area contributed by atoms with Gasteiger partial charge in [0.25, 0.3) is 0 Å². The summed E-state index contributed by atoms with van der Waals surface area (Å²) >= 11 is 0. The lowest BCUT2D eigenvalue weighted by atomic mass is 10.3. The molecule has 0 bridgehead atoms. The Bertz CT molecular complexity index is 46.7. The van der Waals surface area contributed by atoms with Crippen molar-refractivity contribution in [2.75, 3.05) is 13.1 Å². The molecule has 0 aromatic carbocycles. The molecular formula is C9H23N. The van der Waals surface area contributed by atoms with E-state index >= 15 is 0 Å². The first-order valence-electron chi connectivity index (χ1n) is 4.46. The van der Waals surface area contributed by atoms with Crippen LogP contribution >= 0.6 is 0 Å². The van der Waals surface area contributed by atoms with Crippen molar-refractivity contribution < 1.29 is 0 Å². The summed E-state index contributed by atoms with van der Waals surface area (Å²) in [5, 5.41) is 0. The van der Waals surface area contributed by atoms with Crippen LogP contribution in [-0.2, 0) is 0 Å². The highest BCUT2D eigenvalue weighted by molar-refractivity contribution is 4.56.